The standard InChI is InChI=1S/C22H29N3O5S/c1-4-6-11-30-21-16(25(27)28)12-14(13-18(21)29-3)20-19-15(8-7-9-17(19)26)24(10-5-2)22(31)23-20/h12-13,20H,4-11H2,1-3H3,(H,23,31). The van der Waals surface area contributed by atoms with Crippen LogP contribution in [0.1, 0.15) is 64.0 Å². The Bertz CT molecular complexity index is 915. The SMILES string of the molecule is CCCCOc1c(OC)cc(C2NC(=S)N(CCC)C3=C2C(=O)CCC3)cc1[N+](=O)[O-]. The highest BCUT2D eigenvalue weighted by atomic mass is 32.1. The van der Waals surface area contributed by atoms with Crippen LogP contribution < -0.4 is 14.8 Å². The third kappa shape index (κ3) is 4.66. The molecule has 1 heterocycles. The third-order valence-corrected chi connectivity index (χ3v) is 5.89. The lowest BCUT2D eigenvalue weighted by Gasteiger charge is -2.41. The van der Waals surface area contributed by atoms with Gasteiger partial charge in [0.25, 0.3) is 0 Å². The molecule has 0 saturated heterocycles. The van der Waals surface area contributed by atoms with Gasteiger partial charge in [-0.2, -0.15) is 0 Å². The van der Waals surface area contributed by atoms with E-state index >= 15 is 0 Å². The predicted molar refractivity (Wildman–Crippen MR) is 121 cm³/mol. The summed E-state index contributed by atoms with van der Waals surface area (Å²) in [6, 6.07) is 2.61. The van der Waals surface area contributed by atoms with E-state index in [1.807, 2.05) is 11.8 Å². The molecule has 0 saturated carbocycles. The van der Waals surface area contributed by atoms with Gasteiger partial charge in [-0.15, -0.1) is 0 Å². The highest BCUT2D eigenvalue weighted by Crippen LogP contribution is 2.44. The van der Waals surface area contributed by atoms with Crippen molar-refractivity contribution in [2.24, 2.45) is 0 Å². The fourth-order valence-electron chi connectivity index (χ4n) is 4.09. The number of hydrogen-bond acceptors (Lipinski definition) is 6. The lowest BCUT2D eigenvalue weighted by atomic mass is 9.84. The summed E-state index contributed by atoms with van der Waals surface area (Å²) in [5.41, 5.74) is 1.95. The van der Waals surface area contributed by atoms with Crippen molar-refractivity contribution in [3.8, 4) is 11.5 Å². The number of carbonyl (C=O) groups excluding carboxylic acids is 1. The van der Waals surface area contributed by atoms with Gasteiger partial charge in [0.1, 0.15) is 0 Å². The average Bonchev–Trinajstić information content (AvgIpc) is 2.75. The summed E-state index contributed by atoms with van der Waals surface area (Å²) in [4.78, 5) is 26.3. The molecule has 0 amide bonds. The van der Waals surface area contributed by atoms with E-state index in [0.29, 0.717) is 29.3 Å². The third-order valence-electron chi connectivity index (χ3n) is 5.56. The van der Waals surface area contributed by atoms with Crippen LogP contribution in [0.4, 0.5) is 5.69 Å². The fraction of sp³-hybridized carbons (Fsp3) is 0.545. The smallest absolute Gasteiger partial charge is 0.315 e. The molecule has 0 radical (unpaired) electrons. The average molecular weight is 448 g/mol. The molecule has 0 aromatic heterocycles. The highest BCUT2D eigenvalue weighted by molar-refractivity contribution is 7.80. The van der Waals surface area contributed by atoms with E-state index in [0.717, 1.165) is 44.3 Å². The van der Waals surface area contributed by atoms with Gasteiger partial charge in [-0.1, -0.05) is 20.3 Å². The molecule has 0 bridgehead atoms. The number of hydrogen-bond donors (Lipinski definition) is 1. The van der Waals surface area contributed by atoms with E-state index in [2.05, 4.69) is 12.2 Å². The van der Waals surface area contributed by atoms with Crippen LogP contribution >= 0.6 is 12.2 Å². The Hall–Kier alpha value is -2.68. The molecular formula is C22H29N3O5S. The first kappa shape index (κ1) is 23.0. The zero-order chi connectivity index (χ0) is 22.5. The molecule has 9 heteroatoms. The van der Waals surface area contributed by atoms with Gasteiger partial charge in [0.05, 0.1) is 24.7 Å². The van der Waals surface area contributed by atoms with Gasteiger partial charge in [-0.25, -0.2) is 0 Å². The number of nitro groups is 1. The number of nitro benzene ring substituents is 1. The minimum atomic E-state index is -0.555. The number of ether oxygens (including phenoxy) is 2. The van der Waals surface area contributed by atoms with Crippen molar-refractivity contribution in [3.05, 3.63) is 39.1 Å². The van der Waals surface area contributed by atoms with Crippen LogP contribution in [0, 0.1) is 10.1 Å². The second kappa shape index (κ2) is 10.1. The van der Waals surface area contributed by atoms with Crippen LogP contribution in [0.15, 0.2) is 23.4 Å². The van der Waals surface area contributed by atoms with E-state index in [9.17, 15) is 14.9 Å². The number of rotatable bonds is 9. The molecule has 1 aliphatic carbocycles. The maximum atomic E-state index is 12.9. The first-order valence-corrected chi connectivity index (χ1v) is 11.2. The zero-order valence-electron chi connectivity index (χ0n) is 18.2. The number of benzene rings is 1. The molecule has 3 rings (SSSR count). The van der Waals surface area contributed by atoms with Crippen molar-refractivity contribution < 1.29 is 19.2 Å². The molecule has 1 atom stereocenters. The van der Waals surface area contributed by atoms with Crippen molar-refractivity contribution >= 4 is 28.8 Å². The van der Waals surface area contributed by atoms with Crippen molar-refractivity contribution in [2.75, 3.05) is 20.3 Å². The van der Waals surface area contributed by atoms with Crippen LogP contribution in [0.2, 0.25) is 0 Å². The van der Waals surface area contributed by atoms with Gasteiger partial charge in [-0.3, -0.25) is 14.9 Å². The van der Waals surface area contributed by atoms with Crippen molar-refractivity contribution in [1.82, 2.24) is 10.2 Å². The van der Waals surface area contributed by atoms with Crippen LogP contribution in [0.3, 0.4) is 0 Å². The summed E-state index contributed by atoms with van der Waals surface area (Å²) in [5.74, 6) is 0.432. The lowest BCUT2D eigenvalue weighted by molar-refractivity contribution is -0.386. The number of allylic oxidation sites excluding steroid dienone is 1. The maximum absolute atomic E-state index is 12.9. The largest absolute Gasteiger partial charge is 0.493 e. The van der Waals surface area contributed by atoms with Gasteiger partial charge in [0.2, 0.25) is 5.75 Å². The topological polar surface area (TPSA) is 93.9 Å². The van der Waals surface area contributed by atoms with Crippen molar-refractivity contribution in [3.63, 3.8) is 0 Å². The number of Topliss-reactive ketones (excluding diaryl/α,β-unsaturated/α-hetero) is 1. The van der Waals surface area contributed by atoms with Crippen molar-refractivity contribution in [2.45, 2.75) is 58.4 Å². The van der Waals surface area contributed by atoms with E-state index in [1.165, 1.54) is 13.2 Å². The fourth-order valence-corrected chi connectivity index (χ4v) is 4.41. The summed E-state index contributed by atoms with van der Waals surface area (Å²) < 4.78 is 11.1. The molecule has 31 heavy (non-hydrogen) atoms. The summed E-state index contributed by atoms with van der Waals surface area (Å²) in [7, 11) is 1.45. The summed E-state index contributed by atoms with van der Waals surface area (Å²) >= 11 is 5.60. The van der Waals surface area contributed by atoms with Crippen LogP contribution in [-0.4, -0.2) is 41.0 Å². The Morgan fingerprint density at radius 3 is 2.71 bits per heavy atom. The first-order valence-electron chi connectivity index (χ1n) is 10.8. The zero-order valence-corrected chi connectivity index (χ0v) is 19.0. The van der Waals surface area contributed by atoms with Crippen LogP contribution in [-0.2, 0) is 4.79 Å². The number of thiocarbonyl (C=S) groups is 1. The minimum Gasteiger partial charge on any atom is -0.493 e. The molecule has 1 aliphatic heterocycles. The Morgan fingerprint density at radius 1 is 1.29 bits per heavy atom. The Kier molecular flexibility index (Phi) is 7.48. The number of nitrogens with one attached hydrogen (secondary N) is 1. The molecule has 168 valence electrons. The molecule has 1 aromatic rings. The molecule has 1 aromatic carbocycles. The number of carbonyl (C=O) groups is 1. The molecule has 1 N–H and O–H groups in total. The molecule has 8 nitrogen and oxygen atoms in total. The maximum Gasteiger partial charge on any atom is 0.315 e. The quantitative estimate of drug-likeness (QED) is 0.257. The van der Waals surface area contributed by atoms with E-state index in [-0.39, 0.29) is 23.0 Å². The Morgan fingerprint density at radius 2 is 2.06 bits per heavy atom. The van der Waals surface area contributed by atoms with Gasteiger partial charge in [0, 0.05) is 30.3 Å². The molecule has 2 aliphatic rings. The predicted octanol–water partition coefficient (Wildman–Crippen LogP) is 4.43. The number of unbranched alkanes of at least 4 members (excludes halogenated alkanes) is 1. The van der Waals surface area contributed by atoms with Crippen LogP contribution in [0.25, 0.3) is 0 Å². The van der Waals surface area contributed by atoms with E-state index < -0.39 is 11.0 Å². The minimum absolute atomic E-state index is 0.0484. The van der Waals surface area contributed by atoms with Crippen LogP contribution in [0.5, 0.6) is 11.5 Å². The second-order valence-corrected chi connectivity index (χ2v) is 8.09. The van der Waals surface area contributed by atoms with Gasteiger partial charge >= 0.3 is 5.69 Å². The summed E-state index contributed by atoms with van der Waals surface area (Å²) in [6.07, 6.45) is 4.57. The van der Waals surface area contributed by atoms with Gasteiger partial charge in [-0.05, 0) is 49.5 Å². The molecule has 0 spiro atoms. The molecule has 0 fully saturated rings. The Balaban J connectivity index is 2.11. The van der Waals surface area contributed by atoms with Gasteiger partial charge in [0.15, 0.2) is 16.6 Å². The summed E-state index contributed by atoms with van der Waals surface area (Å²) in [6.45, 7) is 5.16. The second-order valence-electron chi connectivity index (χ2n) is 7.70. The highest BCUT2D eigenvalue weighted by Gasteiger charge is 2.38. The lowest BCUT2D eigenvalue weighted by Crippen LogP contribution is -2.49. The summed E-state index contributed by atoms with van der Waals surface area (Å²) in [5, 5.41) is 15.6. The molecule has 1 unspecified atom stereocenters. The number of methoxy groups -OCH3 is 1. The molecular weight excluding hydrogens is 418 g/mol. The monoisotopic (exact) mass is 447 g/mol. The van der Waals surface area contributed by atoms with E-state index in [4.69, 9.17) is 21.7 Å². The Labute approximate surface area is 187 Å². The first-order chi connectivity index (χ1) is 14.9. The number of ketones is 1. The van der Waals surface area contributed by atoms with Gasteiger partial charge < -0.3 is 19.7 Å². The van der Waals surface area contributed by atoms with Crippen molar-refractivity contribution in [1.29, 1.82) is 0 Å². The van der Waals surface area contributed by atoms with E-state index in [1.54, 1.807) is 6.07 Å². The normalized spacial score (nSPS) is 18.5. The number of nitrogens with zero attached hydrogens (tertiary/aromatic N) is 2.